The molecule has 4 rings (SSSR count). The summed E-state index contributed by atoms with van der Waals surface area (Å²) < 4.78 is 10.8. The van der Waals surface area contributed by atoms with Gasteiger partial charge in [-0.1, -0.05) is 36.4 Å². The van der Waals surface area contributed by atoms with E-state index in [1.807, 2.05) is 30.3 Å². The molecule has 0 aliphatic carbocycles. The number of nitro groups is 1. The highest BCUT2D eigenvalue weighted by atomic mass is 32.2. The maximum atomic E-state index is 12.4. The molecule has 166 valence electrons. The lowest BCUT2D eigenvalue weighted by Crippen LogP contribution is -2.19. The SMILES string of the molecule is COc1ccc(N=C2NC(=O)/C(=C\c3ccc(OCc4ccccc4)c([N+](=O)[O-])c3)S2)cc1. The highest BCUT2D eigenvalue weighted by molar-refractivity contribution is 8.18. The van der Waals surface area contributed by atoms with E-state index < -0.39 is 4.92 Å². The van der Waals surface area contributed by atoms with Crippen molar-refractivity contribution in [2.45, 2.75) is 6.61 Å². The molecule has 0 aromatic heterocycles. The third-order valence-corrected chi connectivity index (χ3v) is 5.58. The van der Waals surface area contributed by atoms with Gasteiger partial charge in [-0.15, -0.1) is 0 Å². The van der Waals surface area contributed by atoms with Gasteiger partial charge < -0.3 is 14.8 Å². The molecule has 9 heteroatoms. The summed E-state index contributed by atoms with van der Waals surface area (Å²) in [4.78, 5) is 28.2. The molecule has 0 unspecified atom stereocenters. The summed E-state index contributed by atoms with van der Waals surface area (Å²) in [6, 6.07) is 21.1. The van der Waals surface area contributed by atoms with Crippen LogP contribution in [0.3, 0.4) is 0 Å². The van der Waals surface area contributed by atoms with Gasteiger partial charge in [0.25, 0.3) is 5.91 Å². The fraction of sp³-hybridized carbons (Fsp3) is 0.0833. The van der Waals surface area contributed by atoms with Crippen molar-refractivity contribution in [3.05, 3.63) is 98.9 Å². The second-order valence-electron chi connectivity index (χ2n) is 6.94. The van der Waals surface area contributed by atoms with E-state index in [9.17, 15) is 14.9 Å². The number of hydrogen-bond acceptors (Lipinski definition) is 7. The first kappa shape index (κ1) is 22.1. The fourth-order valence-corrected chi connectivity index (χ4v) is 3.87. The first-order valence-corrected chi connectivity index (χ1v) is 10.7. The maximum absolute atomic E-state index is 12.4. The van der Waals surface area contributed by atoms with Gasteiger partial charge in [0, 0.05) is 6.07 Å². The van der Waals surface area contributed by atoms with Crippen molar-refractivity contribution < 1.29 is 19.2 Å². The molecule has 1 aliphatic heterocycles. The molecule has 8 nitrogen and oxygen atoms in total. The second-order valence-corrected chi connectivity index (χ2v) is 7.97. The quantitative estimate of drug-likeness (QED) is 0.299. The van der Waals surface area contributed by atoms with Crippen LogP contribution in [0.15, 0.2) is 82.7 Å². The lowest BCUT2D eigenvalue weighted by molar-refractivity contribution is -0.386. The van der Waals surface area contributed by atoms with Crippen LogP contribution in [0, 0.1) is 10.1 Å². The number of hydrogen-bond donors (Lipinski definition) is 1. The number of thioether (sulfide) groups is 1. The number of amidine groups is 1. The molecule has 1 amide bonds. The molecule has 1 fully saturated rings. The van der Waals surface area contributed by atoms with Gasteiger partial charge in [0.15, 0.2) is 10.9 Å². The molecule has 3 aromatic carbocycles. The summed E-state index contributed by atoms with van der Waals surface area (Å²) in [6.45, 7) is 0.214. The van der Waals surface area contributed by atoms with Gasteiger partial charge >= 0.3 is 5.69 Å². The van der Waals surface area contributed by atoms with Gasteiger partial charge in [-0.05, 0) is 59.3 Å². The van der Waals surface area contributed by atoms with Crippen molar-refractivity contribution in [3.63, 3.8) is 0 Å². The summed E-state index contributed by atoms with van der Waals surface area (Å²) in [7, 11) is 1.58. The monoisotopic (exact) mass is 461 g/mol. The number of nitro benzene ring substituents is 1. The Bertz CT molecular complexity index is 1240. The molecule has 0 bridgehead atoms. The van der Waals surface area contributed by atoms with Crippen LogP contribution < -0.4 is 14.8 Å². The van der Waals surface area contributed by atoms with E-state index in [1.165, 1.54) is 12.1 Å². The van der Waals surface area contributed by atoms with Crippen LogP contribution in [0.25, 0.3) is 6.08 Å². The van der Waals surface area contributed by atoms with Gasteiger partial charge in [-0.3, -0.25) is 14.9 Å². The number of ether oxygens (including phenoxy) is 2. The zero-order valence-corrected chi connectivity index (χ0v) is 18.4. The molecule has 1 aliphatic rings. The van der Waals surface area contributed by atoms with Crippen LogP contribution >= 0.6 is 11.8 Å². The molecule has 3 aromatic rings. The Morgan fingerprint density at radius 3 is 2.55 bits per heavy atom. The largest absolute Gasteiger partial charge is 0.497 e. The van der Waals surface area contributed by atoms with Crippen LogP contribution in [0.4, 0.5) is 11.4 Å². The molecular weight excluding hydrogens is 442 g/mol. The minimum absolute atomic E-state index is 0.163. The van der Waals surface area contributed by atoms with Crippen LogP contribution in [0.1, 0.15) is 11.1 Å². The Morgan fingerprint density at radius 1 is 1.09 bits per heavy atom. The van der Waals surface area contributed by atoms with E-state index in [2.05, 4.69) is 10.3 Å². The predicted molar refractivity (Wildman–Crippen MR) is 128 cm³/mol. The maximum Gasteiger partial charge on any atom is 0.311 e. The van der Waals surface area contributed by atoms with E-state index in [-0.39, 0.29) is 24.0 Å². The van der Waals surface area contributed by atoms with E-state index in [1.54, 1.807) is 43.5 Å². The lowest BCUT2D eigenvalue weighted by atomic mass is 10.1. The summed E-state index contributed by atoms with van der Waals surface area (Å²) in [6.07, 6.45) is 1.59. The highest BCUT2D eigenvalue weighted by Gasteiger charge is 2.24. The summed E-state index contributed by atoms with van der Waals surface area (Å²) >= 11 is 1.16. The Balaban J connectivity index is 1.51. The first-order valence-electron chi connectivity index (χ1n) is 9.90. The van der Waals surface area contributed by atoms with E-state index in [0.717, 1.165) is 17.3 Å². The molecule has 1 saturated heterocycles. The minimum Gasteiger partial charge on any atom is -0.497 e. The molecule has 1 heterocycles. The number of nitrogens with one attached hydrogen (secondary N) is 1. The van der Waals surface area contributed by atoms with Crippen molar-refractivity contribution >= 4 is 40.3 Å². The third kappa shape index (κ3) is 5.58. The molecule has 33 heavy (non-hydrogen) atoms. The van der Waals surface area contributed by atoms with E-state index >= 15 is 0 Å². The first-order chi connectivity index (χ1) is 16.0. The van der Waals surface area contributed by atoms with Crippen LogP contribution in [-0.2, 0) is 11.4 Å². The number of aliphatic imine (C=N–C) groups is 1. The van der Waals surface area contributed by atoms with E-state index in [4.69, 9.17) is 9.47 Å². The summed E-state index contributed by atoms with van der Waals surface area (Å²) in [5.74, 6) is 0.552. The van der Waals surface area contributed by atoms with Crippen LogP contribution in [0.2, 0.25) is 0 Å². The summed E-state index contributed by atoms with van der Waals surface area (Å²) in [5, 5.41) is 14.7. The smallest absolute Gasteiger partial charge is 0.311 e. The Labute approximate surface area is 194 Å². The van der Waals surface area contributed by atoms with Crippen molar-refractivity contribution in [1.29, 1.82) is 0 Å². The normalized spacial score (nSPS) is 15.5. The van der Waals surface area contributed by atoms with Crippen molar-refractivity contribution in [3.8, 4) is 11.5 Å². The number of nitrogens with zero attached hydrogens (tertiary/aromatic N) is 2. The molecule has 0 spiro atoms. The number of carbonyl (C=O) groups excluding carboxylic acids is 1. The predicted octanol–water partition coefficient (Wildman–Crippen LogP) is 5.07. The molecule has 1 N–H and O–H groups in total. The Morgan fingerprint density at radius 2 is 1.85 bits per heavy atom. The van der Waals surface area contributed by atoms with Gasteiger partial charge in [0.1, 0.15) is 12.4 Å². The number of methoxy groups -OCH3 is 1. The highest BCUT2D eigenvalue weighted by Crippen LogP contribution is 2.32. The zero-order valence-electron chi connectivity index (χ0n) is 17.6. The van der Waals surface area contributed by atoms with Gasteiger partial charge in [0.2, 0.25) is 0 Å². The second kappa shape index (κ2) is 10.0. The zero-order chi connectivity index (χ0) is 23.2. The molecule has 0 radical (unpaired) electrons. The van der Waals surface area contributed by atoms with Crippen molar-refractivity contribution in [2.75, 3.05) is 7.11 Å². The molecular formula is C24H19N3O5S. The standard InChI is InChI=1S/C24H19N3O5S/c1-31-19-10-8-18(9-11-19)25-24-26-23(28)22(33-24)14-17-7-12-21(20(13-17)27(29)30)32-15-16-5-3-2-4-6-16/h2-14H,15H2,1H3,(H,25,26,28)/b22-14+. The van der Waals surface area contributed by atoms with Crippen LogP contribution in [0.5, 0.6) is 11.5 Å². The van der Waals surface area contributed by atoms with Crippen molar-refractivity contribution in [1.82, 2.24) is 5.32 Å². The molecule has 0 atom stereocenters. The van der Waals surface area contributed by atoms with Crippen molar-refractivity contribution in [2.24, 2.45) is 4.99 Å². The number of carbonyl (C=O) groups is 1. The van der Waals surface area contributed by atoms with Gasteiger partial charge in [-0.25, -0.2) is 4.99 Å². The average molecular weight is 461 g/mol. The number of amides is 1. The molecule has 0 saturated carbocycles. The minimum atomic E-state index is -0.499. The van der Waals surface area contributed by atoms with Crippen LogP contribution in [-0.4, -0.2) is 23.1 Å². The third-order valence-electron chi connectivity index (χ3n) is 4.67. The van der Waals surface area contributed by atoms with Gasteiger partial charge in [0.05, 0.1) is 22.6 Å². The lowest BCUT2D eigenvalue weighted by Gasteiger charge is -2.07. The summed E-state index contributed by atoms with van der Waals surface area (Å²) in [5.41, 5.74) is 1.91. The fourth-order valence-electron chi connectivity index (χ4n) is 3.03. The Kier molecular flexibility index (Phi) is 6.70. The topological polar surface area (TPSA) is 103 Å². The van der Waals surface area contributed by atoms with Gasteiger partial charge in [-0.2, -0.15) is 0 Å². The van der Waals surface area contributed by atoms with E-state index in [0.29, 0.717) is 27.1 Å². The average Bonchev–Trinajstić information content (AvgIpc) is 3.17. The number of rotatable bonds is 7. The Hall–Kier alpha value is -4.11. The number of benzene rings is 3.